The Hall–Kier alpha value is -3.36. The van der Waals surface area contributed by atoms with Gasteiger partial charge in [0, 0.05) is 0 Å². The van der Waals surface area contributed by atoms with Gasteiger partial charge in [-0.3, -0.25) is 9.78 Å². The van der Waals surface area contributed by atoms with E-state index in [1.165, 1.54) is 0 Å². The van der Waals surface area contributed by atoms with Gasteiger partial charge in [-0.15, -0.1) is 0 Å². The van der Waals surface area contributed by atoms with Crippen LogP contribution in [0.25, 0.3) is 5.69 Å². The van der Waals surface area contributed by atoms with Gasteiger partial charge in [0.05, 0.1) is 11.4 Å². The van der Waals surface area contributed by atoms with E-state index >= 15 is 0 Å². The van der Waals surface area contributed by atoms with Crippen molar-refractivity contribution in [3.8, 4) is 11.6 Å². The SMILES string of the molecule is CCC(=NNC(N)=O)c1c(O)n(-c2ccccc2)c(=O)[nH]c1=O. The molecule has 1 aromatic heterocycles. The highest BCUT2D eigenvalue weighted by Crippen LogP contribution is 2.17. The predicted molar refractivity (Wildman–Crippen MR) is 83.9 cm³/mol. The Morgan fingerprint density at radius 2 is 2.00 bits per heavy atom. The number of primary amides is 1. The maximum atomic E-state index is 12.0. The van der Waals surface area contributed by atoms with Crippen molar-refractivity contribution in [2.45, 2.75) is 13.3 Å². The molecule has 0 unspecified atom stereocenters. The molecule has 23 heavy (non-hydrogen) atoms. The maximum absolute atomic E-state index is 12.0. The Bertz CT molecular complexity index is 867. The smallest absolute Gasteiger partial charge is 0.335 e. The molecular weight excluding hydrogens is 302 g/mol. The highest BCUT2D eigenvalue weighted by atomic mass is 16.3. The lowest BCUT2D eigenvalue weighted by Gasteiger charge is -2.12. The van der Waals surface area contributed by atoms with Crippen LogP contribution in [-0.2, 0) is 0 Å². The van der Waals surface area contributed by atoms with E-state index in [0.29, 0.717) is 5.69 Å². The summed E-state index contributed by atoms with van der Waals surface area (Å²) in [6.07, 6.45) is 0.212. The quantitative estimate of drug-likeness (QED) is 0.465. The largest absolute Gasteiger partial charge is 0.493 e. The molecule has 9 heteroatoms. The number of para-hydroxylation sites is 1. The number of hydrazone groups is 1. The van der Waals surface area contributed by atoms with Gasteiger partial charge in [-0.05, 0) is 18.6 Å². The molecule has 0 saturated heterocycles. The second-order valence-corrected chi connectivity index (χ2v) is 4.52. The monoisotopic (exact) mass is 317 g/mol. The van der Waals surface area contributed by atoms with Gasteiger partial charge in [0.1, 0.15) is 5.56 Å². The number of nitrogens with two attached hydrogens (primary N) is 1. The molecule has 9 nitrogen and oxygen atoms in total. The van der Waals surface area contributed by atoms with Crippen LogP contribution in [0.15, 0.2) is 45.0 Å². The number of carbonyl (C=O) groups excluding carboxylic acids is 1. The Kier molecular flexibility index (Phi) is 4.60. The molecule has 2 rings (SSSR count). The predicted octanol–water partition coefficient (Wildman–Crippen LogP) is 0.0138. The van der Waals surface area contributed by atoms with Crippen molar-refractivity contribution >= 4 is 11.7 Å². The van der Waals surface area contributed by atoms with Crippen LogP contribution in [0.1, 0.15) is 18.9 Å². The Balaban J connectivity index is 2.71. The molecule has 0 aliphatic rings. The minimum Gasteiger partial charge on any atom is -0.493 e. The first kappa shape index (κ1) is 16.0. The lowest BCUT2D eigenvalue weighted by Crippen LogP contribution is -2.34. The van der Waals surface area contributed by atoms with E-state index in [4.69, 9.17) is 5.73 Å². The van der Waals surface area contributed by atoms with Crippen LogP contribution in [0.2, 0.25) is 0 Å². The average Bonchev–Trinajstić information content (AvgIpc) is 2.51. The lowest BCUT2D eigenvalue weighted by molar-refractivity contribution is 0.249. The third kappa shape index (κ3) is 3.28. The van der Waals surface area contributed by atoms with E-state index in [-0.39, 0.29) is 17.7 Å². The molecule has 120 valence electrons. The summed E-state index contributed by atoms with van der Waals surface area (Å²) >= 11 is 0. The van der Waals surface area contributed by atoms with Gasteiger partial charge in [-0.2, -0.15) is 5.10 Å². The number of benzene rings is 1. The molecule has 1 aromatic carbocycles. The van der Waals surface area contributed by atoms with Crippen LogP contribution in [-0.4, -0.2) is 26.4 Å². The summed E-state index contributed by atoms with van der Waals surface area (Å²) in [6.45, 7) is 1.67. The van der Waals surface area contributed by atoms with Crippen LogP contribution in [0.3, 0.4) is 0 Å². The molecule has 0 aliphatic heterocycles. The van der Waals surface area contributed by atoms with Crippen LogP contribution < -0.4 is 22.4 Å². The van der Waals surface area contributed by atoms with E-state index in [1.54, 1.807) is 37.3 Å². The number of rotatable bonds is 4. The molecule has 0 radical (unpaired) electrons. The Morgan fingerprint density at radius 1 is 1.35 bits per heavy atom. The fourth-order valence-electron chi connectivity index (χ4n) is 2.04. The van der Waals surface area contributed by atoms with E-state index in [0.717, 1.165) is 4.57 Å². The first-order chi connectivity index (χ1) is 11.0. The van der Waals surface area contributed by atoms with Gasteiger partial charge in [-0.1, -0.05) is 25.1 Å². The molecule has 0 spiro atoms. The number of carbonyl (C=O) groups is 1. The summed E-state index contributed by atoms with van der Waals surface area (Å²) in [6, 6.07) is 7.36. The number of aromatic nitrogens is 2. The molecule has 0 aliphatic carbocycles. The van der Waals surface area contributed by atoms with Crippen molar-refractivity contribution in [3.05, 3.63) is 56.7 Å². The number of hydrogen-bond acceptors (Lipinski definition) is 5. The normalized spacial score (nSPS) is 11.3. The van der Waals surface area contributed by atoms with E-state index in [9.17, 15) is 19.5 Å². The van der Waals surface area contributed by atoms with Crippen molar-refractivity contribution in [2.24, 2.45) is 10.8 Å². The van der Waals surface area contributed by atoms with Crippen molar-refractivity contribution in [3.63, 3.8) is 0 Å². The third-order valence-corrected chi connectivity index (χ3v) is 3.02. The third-order valence-electron chi connectivity index (χ3n) is 3.02. The van der Waals surface area contributed by atoms with Gasteiger partial charge in [0.15, 0.2) is 0 Å². The second-order valence-electron chi connectivity index (χ2n) is 4.52. The topological polar surface area (TPSA) is 143 Å². The second kappa shape index (κ2) is 6.60. The van der Waals surface area contributed by atoms with Gasteiger partial charge in [0.2, 0.25) is 5.88 Å². The minimum absolute atomic E-state index is 0.0761. The highest BCUT2D eigenvalue weighted by Gasteiger charge is 2.19. The number of H-pyrrole nitrogens is 1. The molecule has 0 atom stereocenters. The van der Waals surface area contributed by atoms with E-state index in [1.807, 2.05) is 5.43 Å². The molecule has 2 aromatic rings. The highest BCUT2D eigenvalue weighted by molar-refractivity contribution is 6.02. The first-order valence-corrected chi connectivity index (χ1v) is 6.71. The standard InChI is InChI=1S/C14H15N5O4/c1-2-9(17-18-13(15)22)10-11(20)16-14(23)19(12(10)21)8-6-4-3-5-7-8/h3-7,21H,2H2,1H3,(H3,15,18,22)(H,16,20,23). The summed E-state index contributed by atoms with van der Waals surface area (Å²) in [4.78, 5) is 36.9. The summed E-state index contributed by atoms with van der Waals surface area (Å²) in [7, 11) is 0. The lowest BCUT2D eigenvalue weighted by atomic mass is 10.1. The van der Waals surface area contributed by atoms with Gasteiger partial charge >= 0.3 is 11.7 Å². The Morgan fingerprint density at radius 3 is 2.57 bits per heavy atom. The van der Waals surface area contributed by atoms with Crippen LogP contribution in [0, 0.1) is 0 Å². The van der Waals surface area contributed by atoms with Crippen molar-refractivity contribution < 1.29 is 9.90 Å². The molecule has 0 saturated carbocycles. The molecule has 2 amide bonds. The van der Waals surface area contributed by atoms with E-state index < -0.39 is 23.2 Å². The van der Waals surface area contributed by atoms with Gasteiger partial charge in [-0.25, -0.2) is 19.6 Å². The first-order valence-electron chi connectivity index (χ1n) is 6.71. The zero-order valence-electron chi connectivity index (χ0n) is 12.2. The fraction of sp³-hybridized carbons (Fsp3) is 0.143. The number of urea groups is 1. The average molecular weight is 317 g/mol. The number of hydrogen-bond donors (Lipinski definition) is 4. The van der Waals surface area contributed by atoms with Gasteiger partial charge < -0.3 is 10.8 Å². The molecule has 0 fully saturated rings. The maximum Gasteiger partial charge on any atom is 0.335 e. The van der Waals surface area contributed by atoms with Crippen molar-refractivity contribution in [2.75, 3.05) is 0 Å². The van der Waals surface area contributed by atoms with Gasteiger partial charge in [0.25, 0.3) is 5.56 Å². The van der Waals surface area contributed by atoms with Crippen LogP contribution in [0.5, 0.6) is 5.88 Å². The number of nitrogens with zero attached hydrogens (tertiary/aromatic N) is 2. The zero-order chi connectivity index (χ0) is 17.0. The van der Waals surface area contributed by atoms with Crippen molar-refractivity contribution in [1.29, 1.82) is 0 Å². The number of amides is 2. The summed E-state index contributed by atoms with van der Waals surface area (Å²) < 4.78 is 0.937. The summed E-state index contributed by atoms with van der Waals surface area (Å²) in [5, 5.41) is 14.1. The summed E-state index contributed by atoms with van der Waals surface area (Å²) in [5.41, 5.74) is 5.55. The number of nitrogens with one attached hydrogen (secondary N) is 2. The van der Waals surface area contributed by atoms with Crippen molar-refractivity contribution in [1.82, 2.24) is 15.0 Å². The molecule has 1 heterocycles. The Labute approximate surface area is 130 Å². The molecule has 5 N–H and O–H groups in total. The van der Waals surface area contributed by atoms with Crippen LogP contribution >= 0.6 is 0 Å². The van der Waals surface area contributed by atoms with E-state index in [2.05, 4.69) is 10.1 Å². The molecule has 0 bridgehead atoms. The fourth-order valence-corrected chi connectivity index (χ4v) is 2.04. The summed E-state index contributed by atoms with van der Waals surface area (Å²) in [5.74, 6) is -0.572. The number of aromatic amines is 1. The molecular formula is C14H15N5O4. The van der Waals surface area contributed by atoms with Crippen LogP contribution in [0.4, 0.5) is 4.79 Å². The zero-order valence-corrected chi connectivity index (χ0v) is 12.2. The minimum atomic E-state index is -0.914. The number of aromatic hydroxyl groups is 1.